The Morgan fingerprint density at radius 3 is 2.71 bits per heavy atom. The maximum Gasteiger partial charge on any atom is 0.186 e. The maximum absolute atomic E-state index is 4.98. The second kappa shape index (κ2) is 7.57. The molecule has 0 radical (unpaired) electrons. The van der Waals surface area contributed by atoms with Crippen LogP contribution in [0.25, 0.3) is 6.08 Å². The van der Waals surface area contributed by atoms with Crippen LogP contribution in [0.3, 0.4) is 0 Å². The van der Waals surface area contributed by atoms with E-state index in [0.717, 1.165) is 17.7 Å². The lowest BCUT2D eigenvalue weighted by Crippen LogP contribution is -2.31. The molecule has 2 N–H and O–H groups in total. The van der Waals surface area contributed by atoms with Gasteiger partial charge in [0.2, 0.25) is 0 Å². The average molecular weight is 247 g/mol. The third-order valence-electron chi connectivity index (χ3n) is 1.97. The Labute approximate surface area is 108 Å². The minimum Gasteiger partial charge on any atom is -0.362 e. The van der Waals surface area contributed by atoms with Crippen LogP contribution >= 0.6 is 12.2 Å². The molecule has 17 heavy (non-hydrogen) atoms. The first-order chi connectivity index (χ1) is 8.22. The number of allylic oxidation sites excluding steroid dienone is 1. The molecule has 0 aromatic heterocycles. The monoisotopic (exact) mass is 247 g/mol. The van der Waals surface area contributed by atoms with Crippen LogP contribution in [0.5, 0.6) is 0 Å². The fourth-order valence-electron chi connectivity index (χ4n) is 1.24. The Hall–Kier alpha value is -1.68. The summed E-state index contributed by atoms with van der Waals surface area (Å²) in [4.78, 5) is 0. The highest BCUT2D eigenvalue weighted by Gasteiger charge is 1.89. The van der Waals surface area contributed by atoms with E-state index in [4.69, 9.17) is 12.2 Å². The molecular weight excluding hydrogens is 230 g/mol. The molecule has 1 aromatic carbocycles. The van der Waals surface area contributed by atoms with Gasteiger partial charge in [-0.15, -0.1) is 0 Å². The van der Waals surface area contributed by atoms with Gasteiger partial charge < -0.3 is 5.32 Å². The Morgan fingerprint density at radius 1 is 1.35 bits per heavy atom. The van der Waals surface area contributed by atoms with Gasteiger partial charge in [0.05, 0.1) is 6.21 Å². The van der Waals surface area contributed by atoms with Gasteiger partial charge in [-0.05, 0) is 37.2 Å². The zero-order valence-corrected chi connectivity index (χ0v) is 10.9. The summed E-state index contributed by atoms with van der Waals surface area (Å²) in [5.41, 5.74) is 4.97. The van der Waals surface area contributed by atoms with E-state index in [-0.39, 0.29) is 0 Å². The van der Waals surface area contributed by atoms with Crippen LogP contribution < -0.4 is 10.7 Å². The number of rotatable bonds is 4. The standard InChI is InChI=1S/C13H17N3S/c1-3-14-13(17)16-15-10-11(2)9-12-7-5-4-6-8-12/h4-10H,3H2,1-2H3,(H2,14,16,17)/b11-9-,15-10-. The van der Waals surface area contributed by atoms with Crippen LogP contribution in [0.4, 0.5) is 0 Å². The summed E-state index contributed by atoms with van der Waals surface area (Å²) in [7, 11) is 0. The number of nitrogens with zero attached hydrogens (tertiary/aromatic N) is 1. The van der Waals surface area contributed by atoms with Gasteiger partial charge in [-0.3, -0.25) is 5.43 Å². The Bertz CT molecular complexity index is 410. The zero-order chi connectivity index (χ0) is 12.5. The lowest BCUT2D eigenvalue weighted by Gasteiger charge is -2.02. The van der Waals surface area contributed by atoms with E-state index in [1.54, 1.807) is 6.21 Å². The molecule has 0 saturated heterocycles. The largest absolute Gasteiger partial charge is 0.362 e. The van der Waals surface area contributed by atoms with Gasteiger partial charge in [0.25, 0.3) is 0 Å². The van der Waals surface area contributed by atoms with Crippen molar-refractivity contribution in [2.45, 2.75) is 13.8 Å². The molecule has 0 heterocycles. The Morgan fingerprint density at radius 2 is 2.06 bits per heavy atom. The first kappa shape index (κ1) is 13.4. The van der Waals surface area contributed by atoms with Gasteiger partial charge in [-0.2, -0.15) is 5.10 Å². The molecule has 3 nitrogen and oxygen atoms in total. The van der Waals surface area contributed by atoms with Crippen LogP contribution in [0.2, 0.25) is 0 Å². The summed E-state index contributed by atoms with van der Waals surface area (Å²) in [6.07, 6.45) is 3.80. The molecule has 1 rings (SSSR count). The maximum atomic E-state index is 4.98. The Kier molecular flexibility index (Phi) is 5.96. The van der Waals surface area contributed by atoms with E-state index in [0.29, 0.717) is 5.11 Å². The molecule has 0 amide bonds. The molecule has 0 aliphatic rings. The molecule has 1 aromatic rings. The van der Waals surface area contributed by atoms with Crippen molar-refractivity contribution in [1.82, 2.24) is 10.7 Å². The highest BCUT2D eigenvalue weighted by molar-refractivity contribution is 7.80. The highest BCUT2D eigenvalue weighted by Crippen LogP contribution is 2.04. The van der Waals surface area contributed by atoms with E-state index >= 15 is 0 Å². The molecule has 4 heteroatoms. The molecular formula is C13H17N3S. The van der Waals surface area contributed by atoms with Crippen molar-refractivity contribution in [3.05, 3.63) is 41.5 Å². The molecule has 0 spiro atoms. The van der Waals surface area contributed by atoms with Crippen molar-refractivity contribution in [3.63, 3.8) is 0 Å². The number of benzene rings is 1. The topological polar surface area (TPSA) is 36.4 Å². The summed E-state index contributed by atoms with van der Waals surface area (Å²) < 4.78 is 0. The molecule has 0 saturated carbocycles. The van der Waals surface area contributed by atoms with Crippen LogP contribution in [0.1, 0.15) is 19.4 Å². The third kappa shape index (κ3) is 5.82. The van der Waals surface area contributed by atoms with Gasteiger partial charge >= 0.3 is 0 Å². The van der Waals surface area contributed by atoms with Crippen molar-refractivity contribution in [2.75, 3.05) is 6.54 Å². The van der Waals surface area contributed by atoms with Gasteiger partial charge in [-0.1, -0.05) is 36.4 Å². The lowest BCUT2D eigenvalue weighted by atomic mass is 10.1. The predicted octanol–water partition coefficient (Wildman–Crippen LogP) is 2.56. The summed E-state index contributed by atoms with van der Waals surface area (Å²) in [6, 6.07) is 10.1. The second-order valence-electron chi connectivity index (χ2n) is 3.53. The minimum atomic E-state index is 0.538. The van der Waals surface area contributed by atoms with Gasteiger partial charge in [0, 0.05) is 6.54 Å². The highest BCUT2D eigenvalue weighted by atomic mass is 32.1. The van der Waals surface area contributed by atoms with Crippen molar-refractivity contribution in [3.8, 4) is 0 Å². The molecule has 0 aliphatic heterocycles. The molecule has 90 valence electrons. The molecule has 0 unspecified atom stereocenters. The number of thiocarbonyl (C=S) groups is 1. The van der Waals surface area contributed by atoms with Crippen molar-refractivity contribution in [1.29, 1.82) is 0 Å². The van der Waals surface area contributed by atoms with Crippen LogP contribution in [-0.4, -0.2) is 17.9 Å². The normalized spacial score (nSPS) is 11.5. The summed E-state index contributed by atoms with van der Waals surface area (Å²) >= 11 is 4.98. The van der Waals surface area contributed by atoms with E-state index < -0.39 is 0 Å². The minimum absolute atomic E-state index is 0.538. The Balaban J connectivity index is 2.49. The number of hydrogen-bond donors (Lipinski definition) is 2. The SMILES string of the molecule is CCNC(=S)N/N=C\C(C)=C/c1ccccc1. The molecule has 0 aliphatic carbocycles. The first-order valence-corrected chi connectivity index (χ1v) is 5.93. The zero-order valence-electron chi connectivity index (χ0n) is 10.1. The van der Waals surface area contributed by atoms with Crippen molar-refractivity contribution < 1.29 is 0 Å². The lowest BCUT2D eigenvalue weighted by molar-refractivity contribution is 0.904. The smallest absolute Gasteiger partial charge is 0.186 e. The van der Waals surface area contributed by atoms with Crippen molar-refractivity contribution >= 4 is 29.6 Å². The van der Waals surface area contributed by atoms with E-state index in [1.165, 1.54) is 0 Å². The van der Waals surface area contributed by atoms with Crippen molar-refractivity contribution in [2.24, 2.45) is 5.10 Å². The van der Waals surface area contributed by atoms with E-state index in [2.05, 4.69) is 21.9 Å². The van der Waals surface area contributed by atoms with E-state index in [9.17, 15) is 0 Å². The second-order valence-corrected chi connectivity index (χ2v) is 3.94. The number of hydrogen-bond acceptors (Lipinski definition) is 2. The van der Waals surface area contributed by atoms with Gasteiger partial charge in [-0.25, -0.2) is 0 Å². The van der Waals surface area contributed by atoms with Gasteiger partial charge in [0.1, 0.15) is 0 Å². The summed E-state index contributed by atoms with van der Waals surface area (Å²) in [6.45, 7) is 4.77. The summed E-state index contributed by atoms with van der Waals surface area (Å²) in [5.74, 6) is 0. The quantitative estimate of drug-likeness (QED) is 0.488. The van der Waals surface area contributed by atoms with Crippen LogP contribution in [0, 0.1) is 0 Å². The first-order valence-electron chi connectivity index (χ1n) is 5.52. The van der Waals surface area contributed by atoms with Crippen LogP contribution in [0.15, 0.2) is 41.0 Å². The average Bonchev–Trinajstić information content (AvgIpc) is 2.30. The molecule has 0 bridgehead atoms. The van der Waals surface area contributed by atoms with Gasteiger partial charge in [0.15, 0.2) is 5.11 Å². The van der Waals surface area contributed by atoms with E-state index in [1.807, 2.05) is 44.2 Å². The number of hydrazone groups is 1. The fraction of sp³-hybridized carbons (Fsp3) is 0.231. The third-order valence-corrected chi connectivity index (χ3v) is 2.20. The molecule has 0 fully saturated rings. The fourth-order valence-corrected chi connectivity index (χ4v) is 1.44. The molecule has 0 atom stereocenters. The summed E-state index contributed by atoms with van der Waals surface area (Å²) in [5, 5.41) is 7.53. The predicted molar refractivity (Wildman–Crippen MR) is 78.0 cm³/mol. The number of nitrogens with one attached hydrogen (secondary N) is 2. The van der Waals surface area contributed by atoms with Crippen LogP contribution in [-0.2, 0) is 0 Å².